The summed E-state index contributed by atoms with van der Waals surface area (Å²) in [6.45, 7) is 2.98. The average Bonchev–Trinajstić information content (AvgIpc) is 3.02. The lowest BCUT2D eigenvalue weighted by Gasteiger charge is -2.27. The molecule has 1 heterocycles. The van der Waals surface area contributed by atoms with E-state index in [1.165, 1.54) is 25.3 Å². The number of allylic oxidation sites excluding steroid dienone is 1. The van der Waals surface area contributed by atoms with Crippen molar-refractivity contribution in [3.8, 4) is 28.7 Å². The standard InChI is InChI=1S/C32H34N2O7/c1-38-25-10-12-29(35)28(19-25)30(36)13-11-27-23(18-26(39-2)20-31(27)40-3)7-4-22-5-8-24(9-6-22)41-21-32(37)34-16-14-33-15-17-34/h4-13,18-20,33,35H,14-17,21H2,1-3H3/b7-4+,13-11+. The first-order valence-electron chi connectivity index (χ1n) is 13.2. The lowest BCUT2D eigenvalue weighted by molar-refractivity contribution is -0.133. The molecule has 41 heavy (non-hydrogen) atoms. The lowest BCUT2D eigenvalue weighted by atomic mass is 10.0. The molecule has 1 saturated heterocycles. The number of methoxy groups -OCH3 is 3. The molecular weight excluding hydrogens is 524 g/mol. The molecule has 1 aliphatic rings. The van der Waals surface area contributed by atoms with Crippen molar-refractivity contribution >= 4 is 29.9 Å². The van der Waals surface area contributed by atoms with Crippen LogP contribution >= 0.6 is 0 Å². The number of aromatic hydroxyl groups is 1. The molecule has 9 heteroatoms. The van der Waals surface area contributed by atoms with E-state index >= 15 is 0 Å². The van der Waals surface area contributed by atoms with Crippen molar-refractivity contribution in [2.45, 2.75) is 0 Å². The molecule has 0 aromatic heterocycles. The van der Waals surface area contributed by atoms with Gasteiger partial charge in [-0.15, -0.1) is 0 Å². The fourth-order valence-electron chi connectivity index (χ4n) is 4.32. The second kappa shape index (κ2) is 14.0. The van der Waals surface area contributed by atoms with E-state index in [9.17, 15) is 14.7 Å². The van der Waals surface area contributed by atoms with Crippen molar-refractivity contribution in [1.82, 2.24) is 10.2 Å². The van der Waals surface area contributed by atoms with Crippen LogP contribution in [-0.4, -0.2) is 75.8 Å². The van der Waals surface area contributed by atoms with Crippen molar-refractivity contribution in [3.63, 3.8) is 0 Å². The Morgan fingerprint density at radius 1 is 0.854 bits per heavy atom. The third-order valence-corrected chi connectivity index (χ3v) is 6.64. The fraction of sp³-hybridized carbons (Fsp3) is 0.250. The van der Waals surface area contributed by atoms with Gasteiger partial charge in [-0.3, -0.25) is 9.59 Å². The van der Waals surface area contributed by atoms with E-state index in [0.717, 1.165) is 24.2 Å². The maximum atomic E-state index is 12.9. The Morgan fingerprint density at radius 2 is 1.56 bits per heavy atom. The monoisotopic (exact) mass is 558 g/mol. The van der Waals surface area contributed by atoms with E-state index in [4.69, 9.17) is 18.9 Å². The van der Waals surface area contributed by atoms with E-state index in [2.05, 4.69) is 5.32 Å². The number of phenolic OH excluding ortho intramolecular Hbond substituents is 1. The Balaban J connectivity index is 1.51. The molecule has 0 spiro atoms. The van der Waals surface area contributed by atoms with Gasteiger partial charge in [-0.1, -0.05) is 24.3 Å². The van der Waals surface area contributed by atoms with Gasteiger partial charge in [0.15, 0.2) is 12.4 Å². The quantitative estimate of drug-likeness (QED) is 0.204. The second-order valence-corrected chi connectivity index (χ2v) is 9.24. The average molecular weight is 559 g/mol. The highest BCUT2D eigenvalue weighted by atomic mass is 16.5. The van der Waals surface area contributed by atoms with E-state index in [0.29, 0.717) is 41.7 Å². The molecule has 3 aromatic rings. The lowest BCUT2D eigenvalue weighted by Crippen LogP contribution is -2.47. The van der Waals surface area contributed by atoms with Crippen LogP contribution in [0.3, 0.4) is 0 Å². The molecule has 214 valence electrons. The molecule has 0 aliphatic carbocycles. The van der Waals surface area contributed by atoms with E-state index in [1.54, 1.807) is 37.3 Å². The van der Waals surface area contributed by atoms with Crippen LogP contribution in [0.4, 0.5) is 0 Å². The predicted molar refractivity (Wildman–Crippen MR) is 158 cm³/mol. The molecule has 0 radical (unpaired) electrons. The molecule has 2 N–H and O–H groups in total. The summed E-state index contributed by atoms with van der Waals surface area (Å²) in [5, 5.41) is 13.4. The number of ether oxygens (including phenoxy) is 4. The number of benzene rings is 3. The largest absolute Gasteiger partial charge is 0.507 e. The van der Waals surface area contributed by atoms with Gasteiger partial charge < -0.3 is 34.3 Å². The zero-order valence-corrected chi connectivity index (χ0v) is 23.4. The van der Waals surface area contributed by atoms with Gasteiger partial charge >= 0.3 is 0 Å². The molecule has 0 atom stereocenters. The number of carbonyl (C=O) groups excluding carboxylic acids is 2. The minimum atomic E-state index is -0.389. The van der Waals surface area contributed by atoms with Crippen LogP contribution in [0, 0.1) is 0 Å². The van der Waals surface area contributed by atoms with Gasteiger partial charge in [0.05, 0.1) is 26.9 Å². The van der Waals surface area contributed by atoms with Crippen molar-refractivity contribution in [2.75, 3.05) is 54.1 Å². The summed E-state index contributed by atoms with van der Waals surface area (Å²) in [4.78, 5) is 27.1. The summed E-state index contributed by atoms with van der Waals surface area (Å²) in [6, 6.07) is 15.5. The molecule has 9 nitrogen and oxygen atoms in total. The van der Waals surface area contributed by atoms with Gasteiger partial charge in [-0.2, -0.15) is 0 Å². The highest BCUT2D eigenvalue weighted by molar-refractivity contribution is 6.09. The highest BCUT2D eigenvalue weighted by Gasteiger charge is 2.16. The van der Waals surface area contributed by atoms with Gasteiger partial charge in [-0.25, -0.2) is 0 Å². The molecule has 4 rings (SSSR count). The van der Waals surface area contributed by atoms with Gasteiger partial charge in [0.2, 0.25) is 0 Å². The first-order valence-corrected chi connectivity index (χ1v) is 13.2. The Kier molecular flexibility index (Phi) is 10.0. The van der Waals surface area contributed by atoms with Crippen molar-refractivity contribution < 1.29 is 33.6 Å². The van der Waals surface area contributed by atoms with Crippen LogP contribution in [0.5, 0.6) is 28.7 Å². The van der Waals surface area contributed by atoms with Crippen LogP contribution in [0.1, 0.15) is 27.0 Å². The SMILES string of the molecule is COc1cc(/C=C/c2ccc(OCC(=O)N3CCNCC3)cc2)c(/C=C/C(=O)c2cc(OC)ccc2O)c(OC)c1. The predicted octanol–water partition coefficient (Wildman–Crippen LogP) is 4.30. The molecule has 1 amide bonds. The van der Waals surface area contributed by atoms with E-state index < -0.39 is 0 Å². The number of hydrogen-bond donors (Lipinski definition) is 2. The minimum absolute atomic E-state index is 0.000737. The van der Waals surface area contributed by atoms with Crippen LogP contribution < -0.4 is 24.3 Å². The molecule has 0 bridgehead atoms. The number of amides is 1. The molecule has 3 aromatic carbocycles. The molecule has 0 saturated carbocycles. The first kappa shape index (κ1) is 29.2. The number of ketones is 1. The number of nitrogens with zero attached hydrogens (tertiary/aromatic N) is 1. The van der Waals surface area contributed by atoms with Gasteiger partial charge in [0.25, 0.3) is 5.91 Å². The van der Waals surface area contributed by atoms with Crippen molar-refractivity contribution in [2.24, 2.45) is 0 Å². The smallest absolute Gasteiger partial charge is 0.260 e. The summed E-state index contributed by atoms with van der Waals surface area (Å²) >= 11 is 0. The number of phenols is 1. The number of piperazine rings is 1. The maximum absolute atomic E-state index is 12.9. The Hall–Kier alpha value is -4.76. The Bertz CT molecular complexity index is 1420. The molecule has 1 aliphatic heterocycles. The number of carbonyl (C=O) groups is 2. The number of rotatable bonds is 11. The zero-order valence-electron chi connectivity index (χ0n) is 23.4. The van der Waals surface area contributed by atoms with Crippen molar-refractivity contribution in [3.05, 3.63) is 82.9 Å². The van der Waals surface area contributed by atoms with E-state index in [-0.39, 0.29) is 29.6 Å². The number of nitrogens with one attached hydrogen (secondary N) is 1. The minimum Gasteiger partial charge on any atom is -0.507 e. The van der Waals surface area contributed by atoms with Crippen LogP contribution in [0.15, 0.2) is 60.7 Å². The topological polar surface area (TPSA) is 107 Å². The van der Waals surface area contributed by atoms with Crippen molar-refractivity contribution in [1.29, 1.82) is 0 Å². The van der Waals surface area contributed by atoms with Gasteiger partial charge in [0.1, 0.15) is 28.7 Å². The summed E-state index contributed by atoms with van der Waals surface area (Å²) < 4.78 is 21.9. The zero-order chi connectivity index (χ0) is 29.2. The Labute approximate surface area is 239 Å². The van der Waals surface area contributed by atoms with E-state index in [1.807, 2.05) is 42.5 Å². The Morgan fingerprint density at radius 3 is 2.24 bits per heavy atom. The summed E-state index contributed by atoms with van der Waals surface area (Å²) in [5.41, 5.74) is 2.44. The molecule has 1 fully saturated rings. The molecule has 0 unspecified atom stereocenters. The van der Waals surface area contributed by atoms with Crippen LogP contribution in [0.25, 0.3) is 18.2 Å². The maximum Gasteiger partial charge on any atom is 0.260 e. The highest BCUT2D eigenvalue weighted by Crippen LogP contribution is 2.32. The first-order chi connectivity index (χ1) is 19.9. The summed E-state index contributed by atoms with van der Waals surface area (Å²) in [5.74, 6) is 1.63. The van der Waals surface area contributed by atoms with Gasteiger partial charge in [0, 0.05) is 37.8 Å². The second-order valence-electron chi connectivity index (χ2n) is 9.24. The van der Waals surface area contributed by atoms with Crippen LogP contribution in [-0.2, 0) is 4.79 Å². The fourth-order valence-corrected chi connectivity index (χ4v) is 4.32. The summed E-state index contributed by atoms with van der Waals surface area (Å²) in [6.07, 6.45) is 6.83. The molecular formula is C32H34N2O7. The van der Waals surface area contributed by atoms with Gasteiger partial charge in [-0.05, 0) is 59.7 Å². The third-order valence-electron chi connectivity index (χ3n) is 6.64. The normalized spacial score (nSPS) is 13.4. The third kappa shape index (κ3) is 7.67. The number of hydrogen-bond acceptors (Lipinski definition) is 8. The summed E-state index contributed by atoms with van der Waals surface area (Å²) in [7, 11) is 4.60. The van der Waals surface area contributed by atoms with Crippen LogP contribution in [0.2, 0.25) is 0 Å².